The molecule has 5 heteroatoms. The largest absolute Gasteiger partial charge is 0.417 e. The molecule has 1 amide bonds. The Morgan fingerprint density at radius 3 is 2.36 bits per heavy atom. The third-order valence-electron chi connectivity index (χ3n) is 1.60. The highest BCUT2D eigenvalue weighted by Crippen LogP contribution is 2.08. The fourth-order valence-corrected chi connectivity index (χ4v) is 1.09. The van der Waals surface area contributed by atoms with Crippen molar-refractivity contribution in [1.82, 2.24) is 4.90 Å². The number of hydrogen-bond acceptors (Lipinski definition) is 4. The van der Waals surface area contributed by atoms with Crippen LogP contribution >= 0.6 is 0 Å². The lowest BCUT2D eigenvalue weighted by Gasteiger charge is -2.16. The monoisotopic (exact) mass is 159 g/mol. The Morgan fingerprint density at radius 2 is 1.91 bits per heavy atom. The maximum absolute atomic E-state index is 11.0. The molecule has 0 radical (unpaired) electrons. The van der Waals surface area contributed by atoms with Gasteiger partial charge >= 0.3 is 6.09 Å². The van der Waals surface area contributed by atoms with Crippen molar-refractivity contribution in [3.63, 3.8) is 0 Å². The second-order valence-electron chi connectivity index (χ2n) is 2.54. The summed E-state index contributed by atoms with van der Waals surface area (Å²) < 4.78 is 4.58. The molecule has 0 aliphatic carbocycles. The van der Waals surface area contributed by atoms with Gasteiger partial charge in [0.25, 0.3) is 0 Å². The summed E-state index contributed by atoms with van der Waals surface area (Å²) in [5, 5.41) is 0. The van der Waals surface area contributed by atoms with Crippen molar-refractivity contribution in [1.29, 1.82) is 0 Å². The number of likely N-dealkylation sites (tertiary alicyclic amines) is 1. The van der Waals surface area contributed by atoms with Gasteiger partial charge in [0.2, 0.25) is 6.35 Å². The quantitative estimate of drug-likeness (QED) is 0.501. The first-order valence-corrected chi connectivity index (χ1v) is 3.67. The maximum Gasteiger partial charge on any atom is 0.412 e. The van der Waals surface area contributed by atoms with E-state index in [4.69, 9.17) is 11.5 Å². The van der Waals surface area contributed by atoms with Crippen LogP contribution in [0.25, 0.3) is 0 Å². The Kier molecular flexibility index (Phi) is 2.67. The van der Waals surface area contributed by atoms with Crippen LogP contribution in [0.4, 0.5) is 4.79 Å². The van der Waals surface area contributed by atoms with Crippen LogP contribution in [0.1, 0.15) is 12.8 Å². The van der Waals surface area contributed by atoms with Crippen molar-refractivity contribution in [2.75, 3.05) is 13.1 Å². The van der Waals surface area contributed by atoms with E-state index in [0.717, 1.165) is 25.9 Å². The Balaban J connectivity index is 2.28. The molecule has 0 saturated carbocycles. The Hall–Kier alpha value is -0.810. The molecule has 64 valence electrons. The normalized spacial score (nSPS) is 17.5. The Labute approximate surface area is 65.3 Å². The van der Waals surface area contributed by atoms with Gasteiger partial charge in [0, 0.05) is 13.1 Å². The van der Waals surface area contributed by atoms with Gasteiger partial charge < -0.3 is 9.64 Å². The minimum Gasteiger partial charge on any atom is -0.417 e. The lowest BCUT2D eigenvalue weighted by molar-refractivity contribution is 0.0741. The molecule has 4 N–H and O–H groups in total. The minimum absolute atomic E-state index is 0.405. The van der Waals surface area contributed by atoms with E-state index in [2.05, 4.69) is 4.74 Å². The van der Waals surface area contributed by atoms with Gasteiger partial charge in [-0.1, -0.05) is 0 Å². The van der Waals surface area contributed by atoms with Gasteiger partial charge in [0.05, 0.1) is 0 Å². The molecule has 0 aromatic rings. The average molecular weight is 159 g/mol. The molecule has 5 nitrogen and oxygen atoms in total. The summed E-state index contributed by atoms with van der Waals surface area (Å²) in [6.45, 7) is 1.51. The second kappa shape index (κ2) is 3.54. The van der Waals surface area contributed by atoms with E-state index in [9.17, 15) is 4.79 Å². The van der Waals surface area contributed by atoms with Gasteiger partial charge in [0.15, 0.2) is 0 Å². The average Bonchev–Trinajstić information content (AvgIpc) is 2.35. The highest BCUT2D eigenvalue weighted by molar-refractivity contribution is 5.67. The van der Waals surface area contributed by atoms with Gasteiger partial charge in [-0.3, -0.25) is 11.5 Å². The number of nitrogens with zero attached hydrogens (tertiary/aromatic N) is 1. The molecule has 0 bridgehead atoms. The van der Waals surface area contributed by atoms with Crippen LogP contribution in [-0.2, 0) is 4.74 Å². The molecule has 0 aromatic heterocycles. The van der Waals surface area contributed by atoms with Crippen molar-refractivity contribution in [2.24, 2.45) is 11.5 Å². The number of hydrogen-bond donors (Lipinski definition) is 2. The number of ether oxygens (including phenoxy) is 1. The fraction of sp³-hybridized carbons (Fsp3) is 0.833. The van der Waals surface area contributed by atoms with Gasteiger partial charge in [-0.2, -0.15) is 0 Å². The molecular weight excluding hydrogens is 146 g/mol. The van der Waals surface area contributed by atoms with E-state index < -0.39 is 12.4 Å². The molecule has 1 aliphatic rings. The van der Waals surface area contributed by atoms with E-state index in [1.54, 1.807) is 4.90 Å². The molecule has 0 aromatic carbocycles. The highest BCUT2D eigenvalue weighted by atomic mass is 16.6. The summed E-state index contributed by atoms with van der Waals surface area (Å²) in [7, 11) is 0. The van der Waals surface area contributed by atoms with Crippen LogP contribution < -0.4 is 11.5 Å². The highest BCUT2D eigenvalue weighted by Gasteiger charge is 2.19. The van der Waals surface area contributed by atoms with Gasteiger partial charge in [-0.25, -0.2) is 4.79 Å². The molecule has 1 rings (SSSR count). The molecule has 11 heavy (non-hydrogen) atoms. The third kappa shape index (κ3) is 2.36. The zero-order chi connectivity index (χ0) is 8.27. The lowest BCUT2D eigenvalue weighted by Crippen LogP contribution is -2.40. The molecule has 1 aliphatic heterocycles. The zero-order valence-electron chi connectivity index (χ0n) is 6.32. The predicted octanol–water partition coefficient (Wildman–Crippen LogP) is -0.580. The molecule has 0 unspecified atom stereocenters. The molecule has 1 heterocycles. The maximum atomic E-state index is 11.0. The summed E-state index contributed by atoms with van der Waals surface area (Å²) >= 11 is 0. The van der Waals surface area contributed by atoms with Crippen molar-refractivity contribution in [3.8, 4) is 0 Å². The Bertz CT molecular complexity index is 143. The summed E-state index contributed by atoms with van der Waals surface area (Å²) in [5.41, 5.74) is 10.1. The van der Waals surface area contributed by atoms with Gasteiger partial charge in [-0.15, -0.1) is 0 Å². The van der Waals surface area contributed by atoms with Crippen molar-refractivity contribution in [2.45, 2.75) is 19.2 Å². The minimum atomic E-state index is -0.997. The molecular formula is C6H13N3O2. The van der Waals surface area contributed by atoms with E-state index in [-0.39, 0.29) is 0 Å². The predicted molar refractivity (Wildman–Crippen MR) is 39.5 cm³/mol. The van der Waals surface area contributed by atoms with Crippen LogP contribution in [0.2, 0.25) is 0 Å². The summed E-state index contributed by atoms with van der Waals surface area (Å²) in [5.74, 6) is 0. The van der Waals surface area contributed by atoms with Crippen LogP contribution in [0, 0.1) is 0 Å². The molecule has 0 spiro atoms. The summed E-state index contributed by atoms with van der Waals surface area (Å²) in [6, 6.07) is 0. The Morgan fingerprint density at radius 1 is 1.36 bits per heavy atom. The number of amides is 1. The van der Waals surface area contributed by atoms with E-state index in [1.165, 1.54) is 0 Å². The van der Waals surface area contributed by atoms with E-state index >= 15 is 0 Å². The van der Waals surface area contributed by atoms with Crippen molar-refractivity contribution >= 4 is 6.09 Å². The number of carbonyl (C=O) groups excluding carboxylic acids is 1. The van der Waals surface area contributed by atoms with Crippen LogP contribution in [-0.4, -0.2) is 30.4 Å². The summed E-state index contributed by atoms with van der Waals surface area (Å²) in [4.78, 5) is 12.6. The molecule has 1 saturated heterocycles. The van der Waals surface area contributed by atoms with Crippen molar-refractivity contribution < 1.29 is 9.53 Å². The van der Waals surface area contributed by atoms with E-state index in [0.29, 0.717) is 0 Å². The SMILES string of the molecule is NC(N)OC(=O)N1CCCC1. The second-order valence-corrected chi connectivity index (χ2v) is 2.54. The molecule has 0 atom stereocenters. The lowest BCUT2D eigenvalue weighted by atomic mass is 10.4. The number of nitrogens with two attached hydrogens (primary N) is 2. The van der Waals surface area contributed by atoms with Crippen molar-refractivity contribution in [3.05, 3.63) is 0 Å². The molecule has 1 fully saturated rings. The van der Waals surface area contributed by atoms with Crippen LogP contribution in [0.5, 0.6) is 0 Å². The first kappa shape index (κ1) is 8.29. The first-order chi connectivity index (χ1) is 5.20. The third-order valence-corrected chi connectivity index (χ3v) is 1.60. The van der Waals surface area contributed by atoms with E-state index in [1.807, 2.05) is 0 Å². The zero-order valence-corrected chi connectivity index (χ0v) is 6.32. The number of carbonyl (C=O) groups is 1. The van der Waals surface area contributed by atoms with Gasteiger partial charge in [-0.05, 0) is 12.8 Å². The number of rotatable bonds is 1. The standard InChI is InChI=1S/C6H13N3O2/c7-5(8)11-6(10)9-3-1-2-4-9/h5H,1-4,7-8H2. The first-order valence-electron chi connectivity index (χ1n) is 3.67. The van der Waals surface area contributed by atoms with Gasteiger partial charge in [0.1, 0.15) is 0 Å². The fourth-order valence-electron chi connectivity index (χ4n) is 1.09. The topological polar surface area (TPSA) is 81.6 Å². The van der Waals surface area contributed by atoms with Crippen LogP contribution in [0.15, 0.2) is 0 Å². The van der Waals surface area contributed by atoms with Crippen LogP contribution in [0.3, 0.4) is 0 Å². The summed E-state index contributed by atoms with van der Waals surface area (Å²) in [6.07, 6.45) is 0.671. The smallest absolute Gasteiger partial charge is 0.412 e.